The van der Waals surface area contributed by atoms with E-state index in [9.17, 15) is 18.0 Å². The summed E-state index contributed by atoms with van der Waals surface area (Å²) >= 11 is 0. The maximum atomic E-state index is 13.5. The van der Waals surface area contributed by atoms with Crippen LogP contribution in [0.25, 0.3) is 10.9 Å². The number of Topliss-reactive ketones (excluding diaryl/α,β-unsaturated/α-hetero) is 1. The molecule has 3 atom stereocenters. The van der Waals surface area contributed by atoms with E-state index in [1.165, 1.54) is 6.20 Å². The number of ketones is 1. The number of alkyl halides is 3. The van der Waals surface area contributed by atoms with Crippen molar-refractivity contribution in [1.29, 1.82) is 0 Å². The third kappa shape index (κ3) is 5.25. The Hall–Kier alpha value is -2.15. The monoisotopic (exact) mass is 447 g/mol. The number of rotatable bonds is 5. The highest BCUT2D eigenvalue weighted by molar-refractivity contribution is 5.94. The van der Waals surface area contributed by atoms with Crippen LogP contribution in [0.2, 0.25) is 0 Å². The quantitative estimate of drug-likeness (QED) is 0.614. The van der Waals surface area contributed by atoms with E-state index in [2.05, 4.69) is 28.8 Å². The summed E-state index contributed by atoms with van der Waals surface area (Å²) in [4.78, 5) is 21.3. The van der Waals surface area contributed by atoms with Gasteiger partial charge in [-0.3, -0.25) is 9.78 Å². The summed E-state index contributed by atoms with van der Waals surface area (Å²) in [6, 6.07) is 6.11. The van der Waals surface area contributed by atoms with Gasteiger partial charge in [0.2, 0.25) is 0 Å². The number of pyridine rings is 1. The average Bonchev–Trinajstić information content (AvgIpc) is 2.71. The Kier molecular flexibility index (Phi) is 6.75. The van der Waals surface area contributed by atoms with Crippen LogP contribution < -0.4 is 4.90 Å². The topological polar surface area (TPSA) is 36.4 Å². The van der Waals surface area contributed by atoms with E-state index in [0.29, 0.717) is 42.4 Å². The summed E-state index contributed by atoms with van der Waals surface area (Å²) in [5, 5.41) is 0.520. The van der Waals surface area contributed by atoms with Crippen molar-refractivity contribution in [3.8, 4) is 0 Å². The SMILES string of the molecule is C[C@H]1C[C@@H](CC(=O)CC2CCCN(C)C2)CN(c2ccc(C(F)(F)F)c3ncccc23)C1. The second-order valence-electron chi connectivity index (χ2n) is 9.86. The van der Waals surface area contributed by atoms with Crippen LogP contribution in [0.5, 0.6) is 0 Å². The van der Waals surface area contributed by atoms with E-state index < -0.39 is 11.7 Å². The molecule has 32 heavy (non-hydrogen) atoms. The van der Waals surface area contributed by atoms with Crippen molar-refractivity contribution < 1.29 is 18.0 Å². The Morgan fingerprint density at radius 1 is 1.12 bits per heavy atom. The lowest BCUT2D eigenvalue weighted by atomic mass is 9.84. The van der Waals surface area contributed by atoms with Gasteiger partial charge in [-0.1, -0.05) is 6.92 Å². The summed E-state index contributed by atoms with van der Waals surface area (Å²) in [7, 11) is 2.11. The van der Waals surface area contributed by atoms with Gasteiger partial charge in [0.25, 0.3) is 0 Å². The van der Waals surface area contributed by atoms with Crippen molar-refractivity contribution in [3.05, 3.63) is 36.0 Å². The lowest BCUT2D eigenvalue weighted by molar-refractivity contribution is -0.136. The third-order valence-electron chi connectivity index (χ3n) is 6.89. The first-order valence-electron chi connectivity index (χ1n) is 11.6. The summed E-state index contributed by atoms with van der Waals surface area (Å²) in [6.45, 7) is 5.72. The Bertz CT molecular complexity index is 961. The standard InChI is InChI=1S/C25H32F3N3O/c1-17-11-19(13-20(32)12-18-5-4-10-30(2)15-18)16-31(14-17)23-8-7-22(25(26,27)28)24-21(23)6-3-9-29-24/h3,6-9,17-19H,4-5,10-16H2,1-2H3/t17-,18?,19-/m0/s1. The van der Waals surface area contributed by atoms with Crippen LogP contribution in [0.15, 0.2) is 30.5 Å². The van der Waals surface area contributed by atoms with Gasteiger partial charge < -0.3 is 9.80 Å². The number of anilines is 1. The largest absolute Gasteiger partial charge is 0.418 e. The molecule has 2 saturated heterocycles. The molecule has 1 unspecified atom stereocenters. The minimum atomic E-state index is -4.44. The second kappa shape index (κ2) is 9.38. The van der Waals surface area contributed by atoms with E-state index in [-0.39, 0.29) is 11.4 Å². The molecule has 0 radical (unpaired) electrons. The molecular weight excluding hydrogens is 415 g/mol. The number of piperidine rings is 2. The summed E-state index contributed by atoms with van der Waals surface area (Å²) in [5.41, 5.74) is 0.0647. The Morgan fingerprint density at radius 2 is 1.91 bits per heavy atom. The molecule has 174 valence electrons. The Balaban J connectivity index is 1.50. The first kappa shape index (κ1) is 23.0. The molecule has 4 rings (SSSR count). The van der Waals surface area contributed by atoms with Crippen molar-refractivity contribution >= 4 is 22.4 Å². The number of carbonyl (C=O) groups is 1. The molecule has 2 aliphatic heterocycles. The third-order valence-corrected chi connectivity index (χ3v) is 6.89. The summed E-state index contributed by atoms with van der Waals surface area (Å²) < 4.78 is 40.4. The zero-order valence-electron chi connectivity index (χ0n) is 18.9. The van der Waals surface area contributed by atoms with Crippen molar-refractivity contribution in [3.63, 3.8) is 0 Å². The van der Waals surface area contributed by atoms with Crippen molar-refractivity contribution in [1.82, 2.24) is 9.88 Å². The fourth-order valence-corrected chi connectivity index (χ4v) is 5.65. The van der Waals surface area contributed by atoms with Gasteiger partial charge in [0.05, 0.1) is 11.1 Å². The number of carbonyl (C=O) groups excluding carboxylic acids is 1. The van der Waals surface area contributed by atoms with Crippen LogP contribution >= 0.6 is 0 Å². The highest BCUT2D eigenvalue weighted by Gasteiger charge is 2.35. The maximum Gasteiger partial charge on any atom is 0.418 e. The van der Waals surface area contributed by atoms with Gasteiger partial charge >= 0.3 is 6.18 Å². The molecule has 2 fully saturated rings. The molecule has 3 heterocycles. The normalized spacial score (nSPS) is 25.3. The maximum absolute atomic E-state index is 13.5. The molecule has 0 N–H and O–H groups in total. The van der Waals surface area contributed by atoms with E-state index in [1.54, 1.807) is 18.2 Å². The van der Waals surface area contributed by atoms with Crippen molar-refractivity contribution in [2.24, 2.45) is 17.8 Å². The number of benzene rings is 1. The number of nitrogens with zero attached hydrogens (tertiary/aromatic N) is 3. The number of aromatic nitrogens is 1. The van der Waals surface area contributed by atoms with Crippen LogP contribution in [0.1, 0.15) is 44.6 Å². The van der Waals surface area contributed by atoms with Gasteiger partial charge in [-0.15, -0.1) is 0 Å². The van der Waals surface area contributed by atoms with Crippen LogP contribution in [-0.2, 0) is 11.0 Å². The first-order chi connectivity index (χ1) is 15.2. The molecule has 2 aromatic rings. The van der Waals surface area contributed by atoms with Crippen molar-refractivity contribution in [2.75, 3.05) is 38.1 Å². The predicted molar refractivity (Wildman–Crippen MR) is 121 cm³/mol. The lowest BCUT2D eigenvalue weighted by Crippen LogP contribution is -2.41. The number of likely N-dealkylation sites (tertiary alicyclic amines) is 1. The fourth-order valence-electron chi connectivity index (χ4n) is 5.65. The van der Waals surface area contributed by atoms with E-state index in [0.717, 1.165) is 50.7 Å². The summed E-state index contributed by atoms with van der Waals surface area (Å²) in [5.74, 6) is 1.37. The zero-order chi connectivity index (χ0) is 22.9. The van der Waals surface area contributed by atoms with Gasteiger partial charge in [0, 0.05) is 49.7 Å². The Labute approximate surface area is 187 Å². The average molecular weight is 448 g/mol. The van der Waals surface area contributed by atoms with Crippen LogP contribution in [0, 0.1) is 17.8 Å². The number of hydrogen-bond acceptors (Lipinski definition) is 4. The molecule has 1 aromatic heterocycles. The van der Waals surface area contributed by atoms with E-state index in [4.69, 9.17) is 0 Å². The van der Waals surface area contributed by atoms with Crippen LogP contribution in [0.3, 0.4) is 0 Å². The molecule has 0 amide bonds. The highest BCUT2D eigenvalue weighted by atomic mass is 19.4. The van der Waals surface area contributed by atoms with Crippen LogP contribution in [0.4, 0.5) is 18.9 Å². The van der Waals surface area contributed by atoms with Gasteiger partial charge in [0.1, 0.15) is 5.78 Å². The van der Waals surface area contributed by atoms with E-state index in [1.807, 2.05) is 0 Å². The van der Waals surface area contributed by atoms with Gasteiger partial charge in [0.15, 0.2) is 0 Å². The highest BCUT2D eigenvalue weighted by Crippen LogP contribution is 2.39. The van der Waals surface area contributed by atoms with Crippen LogP contribution in [-0.4, -0.2) is 48.9 Å². The van der Waals surface area contributed by atoms with Gasteiger partial charge in [-0.2, -0.15) is 13.2 Å². The summed E-state index contributed by atoms with van der Waals surface area (Å²) in [6.07, 6.45) is 1.40. The number of fused-ring (bicyclic) bond motifs is 1. The lowest BCUT2D eigenvalue weighted by Gasteiger charge is -2.38. The smallest absolute Gasteiger partial charge is 0.370 e. The molecule has 2 aliphatic rings. The molecule has 0 bridgehead atoms. The van der Waals surface area contributed by atoms with E-state index >= 15 is 0 Å². The number of halogens is 3. The molecule has 4 nitrogen and oxygen atoms in total. The minimum Gasteiger partial charge on any atom is -0.370 e. The molecular formula is C25H32F3N3O. The predicted octanol–water partition coefficient (Wildman–Crippen LogP) is 5.41. The zero-order valence-corrected chi connectivity index (χ0v) is 18.9. The van der Waals surface area contributed by atoms with Crippen molar-refractivity contribution in [2.45, 2.75) is 45.2 Å². The second-order valence-corrected chi connectivity index (χ2v) is 9.86. The Morgan fingerprint density at radius 3 is 2.66 bits per heavy atom. The molecule has 0 spiro atoms. The molecule has 7 heteroatoms. The van der Waals surface area contributed by atoms with Gasteiger partial charge in [-0.05, 0) is 74.9 Å². The van der Waals surface area contributed by atoms with Gasteiger partial charge in [-0.25, -0.2) is 0 Å². The fraction of sp³-hybridized carbons (Fsp3) is 0.600. The molecule has 0 aliphatic carbocycles. The number of hydrogen-bond donors (Lipinski definition) is 0. The molecule has 1 aromatic carbocycles. The first-order valence-corrected chi connectivity index (χ1v) is 11.6. The minimum absolute atomic E-state index is 0.00947. The molecule has 0 saturated carbocycles.